The van der Waals surface area contributed by atoms with Crippen LogP contribution in [0.1, 0.15) is 12.7 Å². The molecule has 0 unspecified atom stereocenters. The highest BCUT2D eigenvalue weighted by Gasteiger charge is 2.35. The number of hydrogen-bond donors (Lipinski definition) is 2. The molecule has 1 aromatic heterocycles. The molecule has 2 N–H and O–H groups in total. The van der Waals surface area contributed by atoms with Crippen LogP contribution in [-0.2, 0) is 10.9 Å². The summed E-state index contributed by atoms with van der Waals surface area (Å²) in [6.07, 6.45) is -4.58. The number of rotatable bonds is 4. The van der Waals surface area contributed by atoms with Gasteiger partial charge in [-0.2, -0.15) is 13.2 Å². The van der Waals surface area contributed by atoms with Gasteiger partial charge < -0.3 is 15.5 Å². The van der Waals surface area contributed by atoms with Gasteiger partial charge in [-0.15, -0.1) is 0 Å². The van der Waals surface area contributed by atoms with Crippen LogP contribution in [-0.4, -0.2) is 47.8 Å². The van der Waals surface area contributed by atoms with Crippen molar-refractivity contribution in [2.24, 2.45) is 0 Å². The summed E-state index contributed by atoms with van der Waals surface area (Å²) < 4.78 is 43.4. The molecule has 0 spiro atoms. The maximum absolute atomic E-state index is 12.8. The summed E-state index contributed by atoms with van der Waals surface area (Å²) in [4.78, 5) is 6.97. The largest absolute Gasteiger partial charge is 0.451 e. The van der Waals surface area contributed by atoms with E-state index in [1.165, 1.54) is 6.07 Å². The van der Waals surface area contributed by atoms with Gasteiger partial charge in [0, 0.05) is 25.7 Å². The predicted molar refractivity (Wildman–Crippen MR) is 67.2 cm³/mol. The topological polar surface area (TPSA) is 62.3 Å². The Kier molecular flexibility index (Phi) is 4.61. The number of hydrogen-bond acceptors (Lipinski definition) is 6. The van der Waals surface area contributed by atoms with Crippen LogP contribution < -0.4 is 10.7 Å². The molecule has 112 valence electrons. The molecule has 0 radical (unpaired) electrons. The van der Waals surface area contributed by atoms with E-state index in [2.05, 4.69) is 20.7 Å². The van der Waals surface area contributed by atoms with Crippen molar-refractivity contribution in [1.82, 2.24) is 15.0 Å². The minimum absolute atomic E-state index is 0.116. The number of morpholine rings is 1. The first-order valence-corrected chi connectivity index (χ1v) is 6.28. The Morgan fingerprint density at radius 1 is 1.25 bits per heavy atom. The fourth-order valence-corrected chi connectivity index (χ4v) is 1.74. The van der Waals surface area contributed by atoms with E-state index in [1.807, 2.05) is 0 Å². The molecule has 1 saturated heterocycles. The van der Waals surface area contributed by atoms with Crippen LogP contribution in [0.15, 0.2) is 6.07 Å². The van der Waals surface area contributed by atoms with Gasteiger partial charge >= 0.3 is 6.18 Å². The molecule has 2 rings (SSSR count). The second-order valence-corrected chi connectivity index (χ2v) is 4.20. The van der Waals surface area contributed by atoms with Crippen LogP contribution >= 0.6 is 0 Å². The molecule has 20 heavy (non-hydrogen) atoms. The Morgan fingerprint density at radius 2 is 1.90 bits per heavy atom. The Balaban J connectivity index is 2.19. The predicted octanol–water partition coefficient (Wildman–Crippen LogP) is 1.59. The third-order valence-electron chi connectivity index (χ3n) is 2.62. The van der Waals surface area contributed by atoms with Gasteiger partial charge in [0.05, 0.1) is 13.2 Å². The molecule has 0 saturated carbocycles. The molecular formula is C11H16F3N5O. The van der Waals surface area contributed by atoms with E-state index in [1.54, 1.807) is 11.9 Å². The Morgan fingerprint density at radius 3 is 2.50 bits per heavy atom. The van der Waals surface area contributed by atoms with Gasteiger partial charge in [0.15, 0.2) is 0 Å². The van der Waals surface area contributed by atoms with Gasteiger partial charge in [-0.1, -0.05) is 0 Å². The molecule has 1 aromatic rings. The number of nitrogens with one attached hydrogen (secondary N) is 2. The van der Waals surface area contributed by atoms with Crippen molar-refractivity contribution in [3.8, 4) is 0 Å². The Bertz CT molecular complexity index is 448. The summed E-state index contributed by atoms with van der Waals surface area (Å²) in [5.74, 6) is -0.900. The van der Waals surface area contributed by atoms with Crippen molar-refractivity contribution < 1.29 is 17.9 Å². The standard InChI is InChI=1S/C11H16F3N5O/c1-2-15-8-7-9(17-10(16-8)11(12,13)14)18-19-3-5-20-6-4-19/h7H,2-6H2,1H3,(H2,15,16,17,18). The van der Waals surface area contributed by atoms with Gasteiger partial charge in [-0.05, 0) is 6.92 Å². The number of nitrogens with zero attached hydrogens (tertiary/aromatic N) is 3. The van der Waals surface area contributed by atoms with E-state index < -0.39 is 12.0 Å². The number of anilines is 2. The van der Waals surface area contributed by atoms with Gasteiger partial charge in [-0.25, -0.2) is 15.0 Å². The lowest BCUT2D eigenvalue weighted by atomic mass is 10.4. The Labute approximate surface area is 114 Å². The molecule has 1 aliphatic heterocycles. The molecule has 1 aliphatic rings. The van der Waals surface area contributed by atoms with E-state index in [9.17, 15) is 13.2 Å². The molecule has 2 heterocycles. The molecule has 0 aliphatic carbocycles. The first-order chi connectivity index (χ1) is 9.49. The van der Waals surface area contributed by atoms with Crippen molar-refractivity contribution in [3.63, 3.8) is 0 Å². The maximum Gasteiger partial charge on any atom is 0.451 e. The van der Waals surface area contributed by atoms with Crippen molar-refractivity contribution in [2.75, 3.05) is 43.6 Å². The van der Waals surface area contributed by atoms with Gasteiger partial charge in [0.1, 0.15) is 11.6 Å². The molecule has 0 atom stereocenters. The van der Waals surface area contributed by atoms with Crippen LogP contribution in [0, 0.1) is 0 Å². The highest BCUT2D eigenvalue weighted by Crippen LogP contribution is 2.28. The number of aromatic nitrogens is 2. The second-order valence-electron chi connectivity index (χ2n) is 4.20. The SMILES string of the molecule is CCNc1cc(NN2CCOCC2)nc(C(F)(F)F)n1. The maximum atomic E-state index is 12.8. The zero-order chi connectivity index (χ0) is 14.6. The quantitative estimate of drug-likeness (QED) is 0.878. The van der Waals surface area contributed by atoms with Crippen LogP contribution in [0.25, 0.3) is 0 Å². The van der Waals surface area contributed by atoms with Crippen LogP contribution in [0.3, 0.4) is 0 Å². The lowest BCUT2D eigenvalue weighted by molar-refractivity contribution is -0.144. The number of hydrazine groups is 1. The first kappa shape index (κ1) is 14.8. The lowest BCUT2D eigenvalue weighted by Gasteiger charge is -2.27. The van der Waals surface area contributed by atoms with E-state index in [-0.39, 0.29) is 11.6 Å². The minimum atomic E-state index is -4.58. The summed E-state index contributed by atoms with van der Waals surface area (Å²) in [6, 6.07) is 1.45. The normalized spacial score (nSPS) is 17.0. The molecular weight excluding hydrogens is 275 g/mol. The smallest absolute Gasteiger partial charge is 0.379 e. The summed E-state index contributed by atoms with van der Waals surface area (Å²) >= 11 is 0. The number of ether oxygens (including phenoxy) is 1. The third kappa shape index (κ3) is 3.94. The van der Waals surface area contributed by atoms with Crippen molar-refractivity contribution in [2.45, 2.75) is 13.1 Å². The zero-order valence-electron chi connectivity index (χ0n) is 11.0. The van der Waals surface area contributed by atoms with Gasteiger partial charge in [0.25, 0.3) is 0 Å². The van der Waals surface area contributed by atoms with Gasteiger partial charge in [0.2, 0.25) is 5.82 Å². The van der Waals surface area contributed by atoms with Crippen molar-refractivity contribution in [1.29, 1.82) is 0 Å². The fraction of sp³-hybridized carbons (Fsp3) is 0.636. The summed E-state index contributed by atoms with van der Waals surface area (Å²) in [7, 11) is 0. The fourth-order valence-electron chi connectivity index (χ4n) is 1.74. The average molecular weight is 291 g/mol. The Hall–Kier alpha value is -1.61. The van der Waals surface area contributed by atoms with Gasteiger partial charge in [-0.3, -0.25) is 0 Å². The molecule has 6 nitrogen and oxygen atoms in total. The third-order valence-corrected chi connectivity index (χ3v) is 2.62. The van der Waals surface area contributed by atoms with E-state index >= 15 is 0 Å². The first-order valence-electron chi connectivity index (χ1n) is 6.28. The van der Waals surface area contributed by atoms with Crippen molar-refractivity contribution >= 4 is 11.6 Å². The molecule has 0 bridgehead atoms. The van der Waals surface area contributed by atoms with E-state index in [0.29, 0.717) is 32.8 Å². The van der Waals surface area contributed by atoms with Crippen LogP contribution in [0.5, 0.6) is 0 Å². The zero-order valence-corrected chi connectivity index (χ0v) is 11.0. The van der Waals surface area contributed by atoms with Crippen LogP contribution in [0.4, 0.5) is 24.8 Å². The number of alkyl halides is 3. The monoisotopic (exact) mass is 291 g/mol. The molecule has 0 amide bonds. The lowest BCUT2D eigenvalue weighted by Crippen LogP contribution is -2.40. The van der Waals surface area contributed by atoms with E-state index in [0.717, 1.165) is 0 Å². The molecule has 0 aromatic carbocycles. The molecule has 9 heteroatoms. The summed E-state index contributed by atoms with van der Waals surface area (Å²) in [6.45, 7) is 4.49. The summed E-state index contributed by atoms with van der Waals surface area (Å²) in [5.41, 5.74) is 2.85. The second kappa shape index (κ2) is 6.23. The van der Waals surface area contributed by atoms with Crippen molar-refractivity contribution in [3.05, 3.63) is 11.9 Å². The van der Waals surface area contributed by atoms with Crippen LogP contribution in [0.2, 0.25) is 0 Å². The average Bonchev–Trinajstić information content (AvgIpc) is 2.39. The highest BCUT2D eigenvalue weighted by molar-refractivity contribution is 5.47. The minimum Gasteiger partial charge on any atom is -0.379 e. The number of halogens is 3. The highest BCUT2D eigenvalue weighted by atomic mass is 19.4. The summed E-state index contributed by atoms with van der Waals surface area (Å²) in [5, 5.41) is 4.53. The molecule has 1 fully saturated rings. The van der Waals surface area contributed by atoms with E-state index in [4.69, 9.17) is 4.74 Å².